The van der Waals surface area contributed by atoms with Crippen molar-refractivity contribution in [2.24, 2.45) is 0 Å². The van der Waals surface area contributed by atoms with Gasteiger partial charge in [-0.05, 0) is 13.3 Å². The molecule has 0 saturated carbocycles. The van der Waals surface area contributed by atoms with Gasteiger partial charge >= 0.3 is 5.97 Å². The van der Waals surface area contributed by atoms with E-state index in [9.17, 15) is 9.59 Å². The monoisotopic (exact) mass is 217 g/mol. The Labute approximate surface area is 90.3 Å². The van der Waals surface area contributed by atoms with Crippen molar-refractivity contribution in [1.29, 1.82) is 0 Å². The van der Waals surface area contributed by atoms with Crippen LogP contribution in [0.3, 0.4) is 0 Å². The normalized spacial score (nSPS) is 9.80. The van der Waals surface area contributed by atoms with Crippen molar-refractivity contribution in [3.05, 3.63) is 0 Å². The molecule has 15 heavy (non-hydrogen) atoms. The van der Waals surface area contributed by atoms with Crippen LogP contribution in [-0.2, 0) is 19.1 Å². The molecule has 0 aliphatic heterocycles. The molecule has 0 atom stereocenters. The van der Waals surface area contributed by atoms with Crippen LogP contribution in [0.1, 0.15) is 19.8 Å². The van der Waals surface area contributed by atoms with E-state index in [1.165, 1.54) is 12.0 Å². The van der Waals surface area contributed by atoms with Crippen LogP contribution in [0.2, 0.25) is 0 Å². The van der Waals surface area contributed by atoms with Crippen molar-refractivity contribution in [2.45, 2.75) is 19.8 Å². The summed E-state index contributed by atoms with van der Waals surface area (Å²) in [4.78, 5) is 23.6. The molecule has 0 heterocycles. The van der Waals surface area contributed by atoms with Gasteiger partial charge in [0.1, 0.15) is 6.54 Å². The van der Waals surface area contributed by atoms with Gasteiger partial charge in [-0.3, -0.25) is 9.59 Å². The number of amides is 1. The Morgan fingerprint density at radius 1 is 1.33 bits per heavy atom. The number of hydrogen-bond acceptors (Lipinski definition) is 4. The average Bonchev–Trinajstić information content (AvgIpc) is 2.23. The van der Waals surface area contributed by atoms with Crippen molar-refractivity contribution >= 4 is 11.9 Å². The van der Waals surface area contributed by atoms with Crippen LogP contribution in [0.5, 0.6) is 0 Å². The highest BCUT2D eigenvalue weighted by Gasteiger charge is 2.12. The third kappa shape index (κ3) is 6.90. The summed E-state index contributed by atoms with van der Waals surface area (Å²) in [5.41, 5.74) is 0. The molecule has 0 radical (unpaired) electrons. The molecule has 0 aromatic carbocycles. The van der Waals surface area contributed by atoms with E-state index in [1.54, 1.807) is 7.05 Å². The first-order valence-electron chi connectivity index (χ1n) is 5.00. The van der Waals surface area contributed by atoms with Crippen LogP contribution in [-0.4, -0.2) is 50.7 Å². The number of likely N-dealkylation sites (N-methyl/N-ethyl adjacent to an activating group) is 1. The number of carbonyl (C=O) groups is 2. The summed E-state index contributed by atoms with van der Waals surface area (Å²) in [6, 6.07) is 0. The maximum Gasteiger partial charge on any atom is 0.325 e. The number of nitrogens with zero attached hydrogens (tertiary/aromatic N) is 1. The molecule has 5 heteroatoms. The highest BCUT2D eigenvalue weighted by Crippen LogP contribution is 1.96. The number of hydrogen-bond donors (Lipinski definition) is 0. The Morgan fingerprint density at radius 3 is 2.53 bits per heavy atom. The minimum absolute atomic E-state index is 0.00394. The smallest absolute Gasteiger partial charge is 0.325 e. The fourth-order valence-electron chi connectivity index (χ4n) is 1.01. The number of ether oxygens (including phenoxy) is 2. The molecule has 88 valence electrons. The van der Waals surface area contributed by atoms with Crippen molar-refractivity contribution in [2.75, 3.05) is 33.9 Å². The van der Waals surface area contributed by atoms with Gasteiger partial charge in [-0.1, -0.05) is 0 Å². The zero-order chi connectivity index (χ0) is 11.7. The Balaban J connectivity index is 3.64. The predicted molar refractivity (Wildman–Crippen MR) is 55.4 cm³/mol. The standard InChI is InChI=1S/C10H19NO4/c1-4-15-7-5-6-9(12)11(2)8-10(13)14-3/h4-8H2,1-3H3. The Hall–Kier alpha value is -1.10. The molecule has 0 aromatic heterocycles. The van der Waals surface area contributed by atoms with Gasteiger partial charge in [0.2, 0.25) is 5.91 Å². The lowest BCUT2D eigenvalue weighted by atomic mass is 10.3. The highest BCUT2D eigenvalue weighted by molar-refractivity contribution is 5.81. The molecule has 0 aromatic rings. The lowest BCUT2D eigenvalue weighted by Gasteiger charge is -2.15. The van der Waals surface area contributed by atoms with Crippen LogP contribution >= 0.6 is 0 Å². The SMILES string of the molecule is CCOCCCC(=O)N(C)CC(=O)OC. The lowest BCUT2D eigenvalue weighted by molar-refractivity contribution is -0.146. The van der Waals surface area contributed by atoms with Gasteiger partial charge in [0.15, 0.2) is 0 Å². The summed E-state index contributed by atoms with van der Waals surface area (Å²) < 4.78 is 9.56. The molecule has 0 fully saturated rings. The van der Waals surface area contributed by atoms with Crippen molar-refractivity contribution < 1.29 is 19.1 Å². The van der Waals surface area contributed by atoms with Gasteiger partial charge in [0.05, 0.1) is 7.11 Å². The number of methoxy groups -OCH3 is 1. The van der Waals surface area contributed by atoms with Gasteiger partial charge in [-0.25, -0.2) is 0 Å². The van der Waals surface area contributed by atoms with E-state index in [4.69, 9.17) is 4.74 Å². The van der Waals surface area contributed by atoms with E-state index in [2.05, 4.69) is 4.74 Å². The largest absolute Gasteiger partial charge is 0.468 e. The van der Waals surface area contributed by atoms with Crippen molar-refractivity contribution in [1.82, 2.24) is 4.90 Å². The fraction of sp³-hybridized carbons (Fsp3) is 0.800. The predicted octanol–water partition coefficient (Wildman–Crippen LogP) is 0.434. The third-order valence-electron chi connectivity index (χ3n) is 1.90. The minimum atomic E-state index is -0.407. The highest BCUT2D eigenvalue weighted by atomic mass is 16.5. The lowest BCUT2D eigenvalue weighted by Crippen LogP contribution is -2.32. The summed E-state index contributed by atoms with van der Waals surface area (Å²) >= 11 is 0. The average molecular weight is 217 g/mol. The zero-order valence-electron chi connectivity index (χ0n) is 9.62. The number of esters is 1. The van der Waals surface area contributed by atoms with Gasteiger partial charge in [-0.15, -0.1) is 0 Å². The quantitative estimate of drug-likeness (QED) is 0.458. The summed E-state index contributed by atoms with van der Waals surface area (Å²) in [5, 5.41) is 0. The van der Waals surface area contributed by atoms with E-state index in [1.807, 2.05) is 6.92 Å². The summed E-state index contributed by atoms with van der Waals surface area (Å²) in [7, 11) is 2.88. The van der Waals surface area contributed by atoms with E-state index < -0.39 is 5.97 Å². The third-order valence-corrected chi connectivity index (χ3v) is 1.90. The van der Waals surface area contributed by atoms with E-state index in [0.29, 0.717) is 26.1 Å². The molecule has 0 rings (SSSR count). The Morgan fingerprint density at radius 2 is 2.00 bits per heavy atom. The summed E-state index contributed by atoms with van der Waals surface area (Å²) in [6.07, 6.45) is 1.08. The molecule has 0 spiro atoms. The molecule has 0 aliphatic rings. The van der Waals surface area contributed by atoms with Gasteiger partial charge < -0.3 is 14.4 Å². The first-order chi connectivity index (χ1) is 7.11. The number of carbonyl (C=O) groups excluding carboxylic acids is 2. The molecule has 5 nitrogen and oxygen atoms in total. The molecular weight excluding hydrogens is 198 g/mol. The van der Waals surface area contributed by atoms with Crippen LogP contribution < -0.4 is 0 Å². The van der Waals surface area contributed by atoms with Crippen LogP contribution in [0.15, 0.2) is 0 Å². The molecule has 0 bridgehead atoms. The second-order valence-corrected chi connectivity index (χ2v) is 3.13. The Kier molecular flexibility index (Phi) is 7.62. The molecule has 0 unspecified atom stereocenters. The van der Waals surface area contributed by atoms with Gasteiger partial charge in [-0.2, -0.15) is 0 Å². The molecular formula is C10H19NO4. The molecule has 0 N–H and O–H groups in total. The topological polar surface area (TPSA) is 55.8 Å². The Bertz CT molecular complexity index is 206. The minimum Gasteiger partial charge on any atom is -0.468 e. The van der Waals surface area contributed by atoms with E-state index >= 15 is 0 Å². The van der Waals surface area contributed by atoms with Gasteiger partial charge in [0.25, 0.3) is 0 Å². The van der Waals surface area contributed by atoms with Crippen LogP contribution in [0.4, 0.5) is 0 Å². The maximum absolute atomic E-state index is 11.4. The summed E-state index contributed by atoms with van der Waals surface area (Å²) in [6.45, 7) is 3.15. The first kappa shape index (κ1) is 13.9. The molecule has 0 aliphatic carbocycles. The molecule has 1 amide bonds. The van der Waals surface area contributed by atoms with E-state index in [0.717, 1.165) is 0 Å². The first-order valence-corrected chi connectivity index (χ1v) is 5.00. The maximum atomic E-state index is 11.4. The van der Waals surface area contributed by atoms with Crippen LogP contribution in [0.25, 0.3) is 0 Å². The second kappa shape index (κ2) is 8.23. The van der Waals surface area contributed by atoms with Crippen LogP contribution in [0, 0.1) is 0 Å². The van der Waals surface area contributed by atoms with E-state index in [-0.39, 0.29) is 12.5 Å². The number of rotatable bonds is 7. The van der Waals surface area contributed by atoms with Crippen molar-refractivity contribution in [3.63, 3.8) is 0 Å². The van der Waals surface area contributed by atoms with Gasteiger partial charge in [0, 0.05) is 26.7 Å². The molecule has 0 saturated heterocycles. The second-order valence-electron chi connectivity index (χ2n) is 3.13. The van der Waals surface area contributed by atoms with Crippen molar-refractivity contribution in [3.8, 4) is 0 Å². The summed E-state index contributed by atoms with van der Waals surface area (Å²) in [5.74, 6) is -0.476. The zero-order valence-corrected chi connectivity index (χ0v) is 9.62. The fourth-order valence-corrected chi connectivity index (χ4v) is 1.01.